The van der Waals surface area contributed by atoms with Gasteiger partial charge in [-0.3, -0.25) is 0 Å². The van der Waals surface area contributed by atoms with Crippen LogP contribution in [0, 0.1) is 5.92 Å². The lowest BCUT2D eigenvalue weighted by Gasteiger charge is -2.31. The van der Waals surface area contributed by atoms with Gasteiger partial charge in [0.1, 0.15) is 5.82 Å². The van der Waals surface area contributed by atoms with Crippen LogP contribution in [-0.4, -0.2) is 24.1 Å². The number of aromatic nitrogens is 1. The number of rotatable bonds is 8. The van der Waals surface area contributed by atoms with Gasteiger partial charge in [-0.1, -0.05) is 39.7 Å². The molecule has 0 atom stereocenters. The van der Waals surface area contributed by atoms with E-state index in [9.17, 15) is 0 Å². The van der Waals surface area contributed by atoms with Gasteiger partial charge in [-0.2, -0.15) is 0 Å². The SMILES string of the molecule is CCNCc1cccc(N(CCC(C)C)C2CCCC2)n1. The van der Waals surface area contributed by atoms with Gasteiger partial charge >= 0.3 is 0 Å². The van der Waals surface area contributed by atoms with E-state index in [4.69, 9.17) is 4.98 Å². The van der Waals surface area contributed by atoms with Gasteiger partial charge in [0.2, 0.25) is 0 Å². The van der Waals surface area contributed by atoms with E-state index in [1.165, 1.54) is 37.9 Å². The highest BCUT2D eigenvalue weighted by Gasteiger charge is 2.23. The number of hydrogen-bond acceptors (Lipinski definition) is 3. The summed E-state index contributed by atoms with van der Waals surface area (Å²) in [6, 6.07) is 7.17. The maximum Gasteiger partial charge on any atom is 0.129 e. The zero-order chi connectivity index (χ0) is 15.1. The van der Waals surface area contributed by atoms with Gasteiger partial charge in [0.15, 0.2) is 0 Å². The van der Waals surface area contributed by atoms with Crippen LogP contribution >= 0.6 is 0 Å². The molecule has 0 bridgehead atoms. The van der Waals surface area contributed by atoms with Gasteiger partial charge < -0.3 is 10.2 Å². The molecule has 0 spiro atoms. The maximum absolute atomic E-state index is 4.90. The Bertz CT molecular complexity index is 411. The van der Waals surface area contributed by atoms with Crippen LogP contribution in [0.2, 0.25) is 0 Å². The van der Waals surface area contributed by atoms with E-state index in [0.29, 0.717) is 6.04 Å². The van der Waals surface area contributed by atoms with E-state index >= 15 is 0 Å². The Morgan fingerprint density at radius 2 is 2.05 bits per heavy atom. The van der Waals surface area contributed by atoms with Crippen LogP contribution in [0.4, 0.5) is 5.82 Å². The highest BCUT2D eigenvalue weighted by Crippen LogP contribution is 2.28. The zero-order valence-corrected chi connectivity index (χ0v) is 13.9. The summed E-state index contributed by atoms with van der Waals surface area (Å²) in [5.41, 5.74) is 1.15. The van der Waals surface area contributed by atoms with Crippen LogP contribution in [-0.2, 0) is 6.54 Å². The lowest BCUT2D eigenvalue weighted by molar-refractivity contribution is 0.524. The molecule has 1 heterocycles. The summed E-state index contributed by atoms with van der Waals surface area (Å²) in [5, 5.41) is 3.37. The Morgan fingerprint density at radius 3 is 2.71 bits per heavy atom. The van der Waals surface area contributed by atoms with Crippen molar-refractivity contribution in [1.29, 1.82) is 0 Å². The summed E-state index contributed by atoms with van der Waals surface area (Å²) in [4.78, 5) is 7.47. The minimum atomic E-state index is 0.700. The molecule has 0 saturated heterocycles. The molecule has 3 nitrogen and oxygen atoms in total. The van der Waals surface area contributed by atoms with Crippen molar-refractivity contribution in [2.45, 2.75) is 65.5 Å². The molecule has 0 radical (unpaired) electrons. The normalized spacial score (nSPS) is 15.8. The predicted octanol–water partition coefficient (Wildman–Crippen LogP) is 3.99. The molecule has 118 valence electrons. The van der Waals surface area contributed by atoms with Gasteiger partial charge in [-0.25, -0.2) is 4.98 Å². The first kappa shape index (κ1) is 16.3. The van der Waals surface area contributed by atoms with Crippen molar-refractivity contribution in [2.75, 3.05) is 18.0 Å². The van der Waals surface area contributed by atoms with Crippen molar-refractivity contribution in [3.8, 4) is 0 Å². The largest absolute Gasteiger partial charge is 0.354 e. The Kier molecular flexibility index (Phi) is 6.50. The summed E-state index contributed by atoms with van der Waals surface area (Å²) in [5.74, 6) is 1.93. The van der Waals surface area contributed by atoms with E-state index in [0.717, 1.165) is 31.2 Å². The second-order valence-corrected chi connectivity index (χ2v) is 6.58. The molecule has 1 aliphatic carbocycles. The summed E-state index contributed by atoms with van der Waals surface area (Å²) in [6.07, 6.45) is 6.66. The fourth-order valence-corrected chi connectivity index (χ4v) is 3.08. The standard InChI is InChI=1S/C18H31N3/c1-4-19-14-16-8-7-11-18(20-16)21(13-12-15(2)3)17-9-5-6-10-17/h7-8,11,15,17,19H,4-6,9-10,12-14H2,1-3H3. The fraction of sp³-hybridized carbons (Fsp3) is 0.722. The van der Waals surface area contributed by atoms with E-state index in [-0.39, 0.29) is 0 Å². The Balaban J connectivity index is 2.10. The summed E-state index contributed by atoms with van der Waals surface area (Å²) >= 11 is 0. The number of nitrogens with zero attached hydrogens (tertiary/aromatic N) is 2. The monoisotopic (exact) mass is 289 g/mol. The molecule has 0 unspecified atom stereocenters. The molecule has 0 amide bonds. The van der Waals surface area contributed by atoms with E-state index in [1.807, 2.05) is 0 Å². The molecule has 21 heavy (non-hydrogen) atoms. The number of nitrogens with one attached hydrogen (secondary N) is 1. The highest BCUT2D eigenvalue weighted by atomic mass is 15.2. The molecule has 1 saturated carbocycles. The van der Waals surface area contributed by atoms with Gasteiger partial charge in [-0.05, 0) is 43.9 Å². The lowest BCUT2D eigenvalue weighted by atomic mass is 10.1. The smallest absolute Gasteiger partial charge is 0.129 e. The molecule has 1 aromatic heterocycles. The Hall–Kier alpha value is -1.09. The molecule has 1 aromatic rings. The van der Waals surface area contributed by atoms with Crippen molar-refractivity contribution < 1.29 is 0 Å². The van der Waals surface area contributed by atoms with Crippen LogP contribution in [0.15, 0.2) is 18.2 Å². The molecular weight excluding hydrogens is 258 g/mol. The third-order valence-electron chi connectivity index (χ3n) is 4.36. The van der Waals surface area contributed by atoms with Crippen molar-refractivity contribution in [3.05, 3.63) is 23.9 Å². The molecule has 3 heteroatoms. The fourth-order valence-electron chi connectivity index (χ4n) is 3.08. The third-order valence-corrected chi connectivity index (χ3v) is 4.36. The first-order chi connectivity index (χ1) is 10.2. The predicted molar refractivity (Wildman–Crippen MR) is 90.7 cm³/mol. The van der Waals surface area contributed by atoms with Crippen LogP contribution in [0.3, 0.4) is 0 Å². The Labute approximate surface area is 130 Å². The lowest BCUT2D eigenvalue weighted by Crippen LogP contribution is -2.35. The van der Waals surface area contributed by atoms with Gasteiger partial charge in [0.25, 0.3) is 0 Å². The number of pyridine rings is 1. The quantitative estimate of drug-likeness (QED) is 0.784. The van der Waals surface area contributed by atoms with E-state index in [1.54, 1.807) is 0 Å². The van der Waals surface area contributed by atoms with Crippen LogP contribution in [0.5, 0.6) is 0 Å². The third kappa shape index (κ3) is 4.99. The van der Waals surface area contributed by atoms with Crippen molar-refractivity contribution in [2.24, 2.45) is 5.92 Å². The highest BCUT2D eigenvalue weighted by molar-refractivity contribution is 5.41. The molecule has 0 aliphatic heterocycles. The average molecular weight is 289 g/mol. The van der Waals surface area contributed by atoms with Gasteiger partial charge in [-0.15, -0.1) is 0 Å². The molecule has 0 aromatic carbocycles. The van der Waals surface area contributed by atoms with Crippen molar-refractivity contribution >= 4 is 5.82 Å². The molecule has 1 fully saturated rings. The topological polar surface area (TPSA) is 28.2 Å². The summed E-state index contributed by atoms with van der Waals surface area (Å²) in [7, 11) is 0. The average Bonchev–Trinajstić information content (AvgIpc) is 2.99. The first-order valence-corrected chi connectivity index (χ1v) is 8.64. The van der Waals surface area contributed by atoms with Gasteiger partial charge in [0, 0.05) is 19.1 Å². The second kappa shape index (κ2) is 8.38. The summed E-state index contributed by atoms with van der Waals surface area (Å²) < 4.78 is 0. The molecule has 2 rings (SSSR count). The molecule has 1 N–H and O–H groups in total. The maximum atomic E-state index is 4.90. The van der Waals surface area contributed by atoms with E-state index in [2.05, 4.69) is 49.2 Å². The molecule has 1 aliphatic rings. The minimum absolute atomic E-state index is 0.700. The van der Waals surface area contributed by atoms with Crippen LogP contribution in [0.1, 0.15) is 58.6 Å². The van der Waals surface area contributed by atoms with Crippen molar-refractivity contribution in [1.82, 2.24) is 10.3 Å². The van der Waals surface area contributed by atoms with Crippen LogP contribution in [0.25, 0.3) is 0 Å². The van der Waals surface area contributed by atoms with E-state index < -0.39 is 0 Å². The first-order valence-electron chi connectivity index (χ1n) is 8.64. The van der Waals surface area contributed by atoms with Crippen molar-refractivity contribution in [3.63, 3.8) is 0 Å². The zero-order valence-electron chi connectivity index (χ0n) is 13.9. The van der Waals surface area contributed by atoms with Crippen LogP contribution < -0.4 is 10.2 Å². The number of anilines is 1. The number of hydrogen-bond donors (Lipinski definition) is 1. The Morgan fingerprint density at radius 1 is 1.29 bits per heavy atom. The minimum Gasteiger partial charge on any atom is -0.354 e. The second-order valence-electron chi connectivity index (χ2n) is 6.58. The molecular formula is C18H31N3. The summed E-state index contributed by atoms with van der Waals surface area (Å²) in [6.45, 7) is 9.75. The van der Waals surface area contributed by atoms with Gasteiger partial charge in [0.05, 0.1) is 5.69 Å².